The van der Waals surface area contributed by atoms with Crippen LogP contribution in [0.3, 0.4) is 0 Å². The molecule has 5 rings (SSSR count). The molecule has 14 nitrogen and oxygen atoms in total. The molecule has 0 aliphatic carbocycles. The molecule has 0 saturated carbocycles. The molecule has 8 bridgehead atoms. The van der Waals surface area contributed by atoms with Gasteiger partial charge < -0.3 is 30.7 Å². The molecule has 0 spiro atoms. The van der Waals surface area contributed by atoms with Gasteiger partial charge in [-0.1, -0.05) is 68.2 Å². The highest BCUT2D eigenvalue weighted by Gasteiger charge is 2.43. The number of nitrogens with one attached hydrogen (secondary N) is 4. The monoisotopic (exact) mass is 746 g/mol. The summed E-state index contributed by atoms with van der Waals surface area (Å²) in [6, 6.07) is -4.91. The Hall–Kier alpha value is -3.14. The summed E-state index contributed by atoms with van der Waals surface area (Å²) in [5, 5.41) is 13.8. The Balaban J connectivity index is 1.50. The molecule has 4 N–H and O–H groups in total. The van der Waals surface area contributed by atoms with E-state index in [-0.39, 0.29) is 53.9 Å². The normalized spacial score (nSPS) is 34.5. The molecule has 5 aliphatic heterocycles. The van der Waals surface area contributed by atoms with Crippen LogP contribution < -0.4 is 21.3 Å². The van der Waals surface area contributed by atoms with Gasteiger partial charge in [0, 0.05) is 11.5 Å². The van der Waals surface area contributed by atoms with E-state index in [0.29, 0.717) is 33.4 Å². The maximum Gasteiger partial charge on any atom is 0.249 e. The average molecular weight is 747 g/mol. The molecule has 0 aromatic carbocycles. The van der Waals surface area contributed by atoms with Crippen molar-refractivity contribution in [1.29, 1.82) is 0 Å². The van der Waals surface area contributed by atoms with E-state index in [4.69, 9.17) is 24.5 Å². The van der Waals surface area contributed by atoms with Crippen molar-refractivity contribution in [3.05, 3.63) is 0 Å². The van der Waals surface area contributed by atoms with Gasteiger partial charge in [0.05, 0.1) is 22.2 Å². The summed E-state index contributed by atoms with van der Waals surface area (Å²) in [6.45, 7) is 17.9. The molecule has 51 heavy (non-hydrogen) atoms. The maximum atomic E-state index is 13.8. The van der Waals surface area contributed by atoms with Crippen molar-refractivity contribution in [2.45, 2.75) is 130 Å². The first-order chi connectivity index (χ1) is 24.2. The van der Waals surface area contributed by atoms with Gasteiger partial charge in [0.15, 0.2) is 12.1 Å². The Kier molecular flexibility index (Phi) is 12.8. The highest BCUT2D eigenvalue weighted by molar-refractivity contribution is 8.14. The first-order valence-electron chi connectivity index (χ1n) is 18.3. The van der Waals surface area contributed by atoms with E-state index in [1.807, 2.05) is 55.4 Å². The predicted molar refractivity (Wildman–Crippen MR) is 203 cm³/mol. The van der Waals surface area contributed by atoms with E-state index in [9.17, 15) is 19.2 Å². The van der Waals surface area contributed by atoms with Gasteiger partial charge in [-0.25, -0.2) is 9.98 Å². The van der Waals surface area contributed by atoms with Crippen LogP contribution >= 0.6 is 23.5 Å². The molecule has 4 amide bonds. The van der Waals surface area contributed by atoms with E-state index in [0.717, 1.165) is 12.8 Å². The van der Waals surface area contributed by atoms with Crippen LogP contribution in [0.25, 0.3) is 0 Å². The summed E-state index contributed by atoms with van der Waals surface area (Å²) in [7, 11) is 0. The molecule has 11 atom stereocenters. The molecule has 16 heteroatoms. The van der Waals surface area contributed by atoms with Crippen molar-refractivity contribution in [1.82, 2.24) is 21.3 Å². The summed E-state index contributed by atoms with van der Waals surface area (Å²) in [6.07, 6.45) is 0.928. The highest BCUT2D eigenvalue weighted by atomic mass is 32.2. The van der Waals surface area contributed by atoms with Gasteiger partial charge in [0.1, 0.15) is 36.9 Å². The number of thioether (sulfide) groups is 2. The summed E-state index contributed by atoms with van der Waals surface area (Å²) >= 11 is 2.90. The molecular weight excluding hydrogens is 693 g/mol. The van der Waals surface area contributed by atoms with E-state index < -0.39 is 54.4 Å². The molecule has 0 aromatic heterocycles. The number of aliphatic imine (C=N–C) groups is 4. The first-order valence-corrected chi connectivity index (χ1v) is 20.3. The SMILES string of the molecule is CC[C@H](C)[C@@H]1NC(=O)[C@H]2CSC(=N2)[C@H](C(C)C)NC(=O)[C@H]2N=C(O[C@@H]2C)[C@H]([C@@H](C)CC)NC(=O)[C@H]2CSC(=N2)[C@H](C(C)C)NC(=O)[C@@H]2COC1=N2. The number of carbonyl (C=O) groups is 4. The fourth-order valence-electron chi connectivity index (χ4n) is 6.42. The zero-order chi connectivity index (χ0) is 37.1. The second kappa shape index (κ2) is 16.7. The lowest BCUT2D eigenvalue weighted by molar-refractivity contribution is -0.124. The molecule has 0 fully saturated rings. The van der Waals surface area contributed by atoms with Crippen LogP contribution in [0.5, 0.6) is 0 Å². The fourth-order valence-corrected chi connectivity index (χ4v) is 8.96. The van der Waals surface area contributed by atoms with Gasteiger partial charge in [0.25, 0.3) is 0 Å². The molecule has 0 aromatic rings. The minimum absolute atomic E-state index is 0.0119. The molecular formula is C35H54N8O6S2. The van der Waals surface area contributed by atoms with Crippen LogP contribution in [-0.2, 0) is 28.7 Å². The van der Waals surface area contributed by atoms with Gasteiger partial charge >= 0.3 is 0 Å². The van der Waals surface area contributed by atoms with Crippen LogP contribution in [0.1, 0.15) is 75.2 Å². The summed E-state index contributed by atoms with van der Waals surface area (Å²) in [4.78, 5) is 73.8. The fraction of sp³-hybridized carbons (Fsp3) is 0.771. The lowest BCUT2D eigenvalue weighted by Gasteiger charge is -2.25. The lowest BCUT2D eigenvalue weighted by atomic mass is 9.98. The molecule has 5 heterocycles. The molecule has 0 radical (unpaired) electrons. The summed E-state index contributed by atoms with van der Waals surface area (Å²) in [5.74, 6) is 0.274. The van der Waals surface area contributed by atoms with Crippen LogP contribution in [0.15, 0.2) is 20.0 Å². The van der Waals surface area contributed by atoms with Crippen molar-refractivity contribution in [3.63, 3.8) is 0 Å². The largest absolute Gasteiger partial charge is 0.477 e. The topological polar surface area (TPSA) is 184 Å². The van der Waals surface area contributed by atoms with Crippen molar-refractivity contribution in [3.8, 4) is 0 Å². The second-order valence-corrected chi connectivity index (χ2v) is 16.9. The average Bonchev–Trinajstić information content (AvgIpc) is 3.92. The first kappa shape index (κ1) is 39.1. The zero-order valence-corrected chi connectivity index (χ0v) is 32.7. The molecule has 282 valence electrons. The third-order valence-electron chi connectivity index (χ3n) is 10.2. The van der Waals surface area contributed by atoms with Gasteiger partial charge in [-0.3, -0.25) is 29.2 Å². The van der Waals surface area contributed by atoms with Gasteiger partial charge in [-0.15, -0.1) is 23.5 Å². The van der Waals surface area contributed by atoms with E-state index in [1.165, 1.54) is 23.5 Å². The van der Waals surface area contributed by atoms with Crippen LogP contribution in [-0.4, -0.2) is 118 Å². The van der Waals surface area contributed by atoms with Gasteiger partial charge in [0.2, 0.25) is 35.4 Å². The number of rotatable bonds is 6. The smallest absolute Gasteiger partial charge is 0.249 e. The Morgan fingerprint density at radius 1 is 0.627 bits per heavy atom. The van der Waals surface area contributed by atoms with Crippen LogP contribution in [0, 0.1) is 23.7 Å². The Morgan fingerprint density at radius 2 is 1.08 bits per heavy atom. The lowest BCUT2D eigenvalue weighted by Crippen LogP contribution is -2.49. The van der Waals surface area contributed by atoms with Crippen molar-refractivity contribution in [2.24, 2.45) is 43.6 Å². The van der Waals surface area contributed by atoms with Crippen molar-refractivity contribution in [2.75, 3.05) is 18.1 Å². The minimum Gasteiger partial charge on any atom is -0.477 e. The van der Waals surface area contributed by atoms with Crippen LogP contribution in [0.4, 0.5) is 0 Å². The highest BCUT2D eigenvalue weighted by Crippen LogP contribution is 2.28. The maximum absolute atomic E-state index is 13.8. The third-order valence-corrected chi connectivity index (χ3v) is 12.5. The Morgan fingerprint density at radius 3 is 1.57 bits per heavy atom. The number of ether oxygens (including phenoxy) is 2. The van der Waals surface area contributed by atoms with Crippen LogP contribution in [0.2, 0.25) is 0 Å². The number of hydrogen-bond donors (Lipinski definition) is 4. The molecule has 0 saturated heterocycles. The number of amides is 4. The van der Waals surface area contributed by atoms with Gasteiger partial charge in [-0.2, -0.15) is 0 Å². The summed E-state index contributed by atoms with van der Waals surface area (Å²) in [5.41, 5.74) is 0. The standard InChI is InChI=1S/C35H54N8O6S2/c1-10-17(7)25-32-36-20(12-48-32)28(44)39-23(15(3)4)34-37-22(14-50-34)30(46)42-26(18(8)11-2)33-43-27(19(9)49-33)31(47)40-24(16(5)6)35-38-21(13-51-35)29(45)41-25/h15-27H,10-14H2,1-9H3,(H,39,44)(H,40,47)(H,41,45)(H,42,46)/t17-,18-,19+,20-,21+,22+,23-,24-,25-,26-,27-/m0/s1. The number of fused-ring (bicyclic) bond motifs is 4. The number of nitrogens with zero attached hydrogens (tertiary/aromatic N) is 4. The van der Waals surface area contributed by atoms with Crippen molar-refractivity contribution >= 4 is 69.0 Å². The van der Waals surface area contributed by atoms with Crippen molar-refractivity contribution < 1.29 is 28.7 Å². The summed E-state index contributed by atoms with van der Waals surface area (Å²) < 4.78 is 12.2. The number of hydrogen-bond acceptors (Lipinski definition) is 12. The van der Waals surface area contributed by atoms with E-state index in [2.05, 4.69) is 26.3 Å². The predicted octanol–water partition coefficient (Wildman–Crippen LogP) is 2.35. The van der Waals surface area contributed by atoms with E-state index >= 15 is 0 Å². The third kappa shape index (κ3) is 8.74. The zero-order valence-electron chi connectivity index (χ0n) is 31.1. The Labute approximate surface area is 309 Å². The van der Waals surface area contributed by atoms with E-state index in [1.54, 1.807) is 6.92 Å². The quantitative estimate of drug-likeness (QED) is 0.319. The Bertz CT molecular complexity index is 1480. The molecule has 0 unspecified atom stereocenters. The number of carbonyl (C=O) groups excluding carboxylic acids is 4. The molecule has 5 aliphatic rings. The minimum atomic E-state index is -0.823. The second-order valence-electron chi connectivity index (χ2n) is 14.8. The van der Waals surface area contributed by atoms with Gasteiger partial charge in [-0.05, 0) is 30.6 Å².